The van der Waals surface area contributed by atoms with E-state index >= 15 is 0 Å². The number of nitrogens with one attached hydrogen (secondary N) is 1. The van der Waals surface area contributed by atoms with Gasteiger partial charge >= 0.3 is 0 Å². The topological polar surface area (TPSA) is 24.5 Å². The monoisotopic (exact) mass is 280 g/mol. The number of nitrogens with zero attached hydrogens (tertiary/aromatic N) is 1. The molecule has 0 spiro atoms. The highest BCUT2D eigenvalue weighted by Gasteiger charge is 2.24. The molecule has 19 heavy (non-hydrogen) atoms. The molecule has 1 fully saturated rings. The van der Waals surface area contributed by atoms with Crippen LogP contribution >= 0.6 is 11.8 Å². The van der Waals surface area contributed by atoms with Crippen LogP contribution in [-0.4, -0.2) is 38.8 Å². The van der Waals surface area contributed by atoms with Crippen molar-refractivity contribution in [3.8, 4) is 5.75 Å². The van der Waals surface area contributed by atoms with Gasteiger partial charge in [0.2, 0.25) is 0 Å². The zero-order valence-corrected chi connectivity index (χ0v) is 13.1. The molecule has 0 aromatic heterocycles. The minimum absolute atomic E-state index is 0.280. The maximum absolute atomic E-state index is 5.55. The molecule has 1 aliphatic heterocycles. The molecule has 1 saturated heterocycles. The highest BCUT2D eigenvalue weighted by molar-refractivity contribution is 7.99. The Morgan fingerprint density at radius 3 is 2.84 bits per heavy atom. The lowest BCUT2D eigenvalue weighted by Gasteiger charge is -2.30. The first-order valence-electron chi connectivity index (χ1n) is 6.83. The summed E-state index contributed by atoms with van der Waals surface area (Å²) in [6, 6.07) is 7.25. The highest BCUT2D eigenvalue weighted by atomic mass is 32.2. The van der Waals surface area contributed by atoms with Gasteiger partial charge in [0.05, 0.1) is 7.11 Å². The van der Waals surface area contributed by atoms with Gasteiger partial charge in [0.25, 0.3) is 0 Å². The molecule has 4 heteroatoms. The van der Waals surface area contributed by atoms with Crippen molar-refractivity contribution in [3.63, 3.8) is 0 Å². The molecule has 2 unspecified atom stereocenters. The molecule has 0 aliphatic carbocycles. The minimum Gasteiger partial charge on any atom is -0.496 e. The Balaban J connectivity index is 2.37. The second-order valence-electron chi connectivity index (χ2n) is 5.03. The Kier molecular flexibility index (Phi) is 4.99. The first-order valence-corrected chi connectivity index (χ1v) is 7.99. The fraction of sp³-hybridized carbons (Fsp3) is 0.600. The number of thioether (sulfide) groups is 1. The van der Waals surface area contributed by atoms with Gasteiger partial charge in [-0.15, -0.1) is 0 Å². The number of rotatable bonds is 5. The summed E-state index contributed by atoms with van der Waals surface area (Å²) in [5, 5.41) is 3.33. The molecule has 1 aromatic rings. The van der Waals surface area contributed by atoms with E-state index in [9.17, 15) is 0 Å². The van der Waals surface area contributed by atoms with Crippen molar-refractivity contribution in [2.24, 2.45) is 0 Å². The molecule has 2 rings (SSSR count). The van der Waals surface area contributed by atoms with Gasteiger partial charge < -0.3 is 15.0 Å². The van der Waals surface area contributed by atoms with Crippen molar-refractivity contribution in [1.29, 1.82) is 0 Å². The lowest BCUT2D eigenvalue weighted by Crippen LogP contribution is -2.33. The van der Waals surface area contributed by atoms with Crippen LogP contribution in [0.1, 0.15) is 24.9 Å². The van der Waals surface area contributed by atoms with E-state index in [1.165, 1.54) is 29.2 Å². The predicted molar refractivity (Wildman–Crippen MR) is 84.6 cm³/mol. The summed E-state index contributed by atoms with van der Waals surface area (Å²) in [5.74, 6) is 3.47. The van der Waals surface area contributed by atoms with Crippen LogP contribution in [-0.2, 0) is 0 Å². The summed E-state index contributed by atoms with van der Waals surface area (Å²) >= 11 is 2.05. The molecule has 0 saturated carbocycles. The maximum atomic E-state index is 5.55. The molecule has 1 heterocycles. The molecular formula is C15H24N2OS. The molecule has 3 nitrogen and oxygen atoms in total. The van der Waals surface area contributed by atoms with Crippen molar-refractivity contribution in [2.45, 2.75) is 25.4 Å². The third-order valence-electron chi connectivity index (χ3n) is 3.96. The van der Waals surface area contributed by atoms with Crippen LogP contribution in [0.2, 0.25) is 0 Å². The number of hydrogen-bond donors (Lipinski definition) is 1. The lowest BCUT2D eigenvalue weighted by molar-refractivity contribution is 0.403. The number of hydrogen-bond acceptors (Lipinski definition) is 4. The molecular weight excluding hydrogens is 256 g/mol. The first-order chi connectivity index (χ1) is 9.19. The number of methoxy groups -OCH3 is 1. The molecule has 0 radical (unpaired) electrons. The lowest BCUT2D eigenvalue weighted by atomic mass is 10.0. The first kappa shape index (κ1) is 14.5. The smallest absolute Gasteiger partial charge is 0.125 e. The zero-order valence-electron chi connectivity index (χ0n) is 12.3. The number of benzene rings is 1. The third kappa shape index (κ3) is 3.00. The van der Waals surface area contributed by atoms with Gasteiger partial charge in [-0.2, -0.15) is 11.8 Å². The van der Waals surface area contributed by atoms with Crippen LogP contribution in [0.5, 0.6) is 5.75 Å². The summed E-state index contributed by atoms with van der Waals surface area (Å²) in [5.41, 5.74) is 2.54. The van der Waals surface area contributed by atoms with E-state index in [1.54, 1.807) is 7.11 Å². The average molecular weight is 280 g/mol. The number of ether oxygens (including phenoxy) is 1. The van der Waals surface area contributed by atoms with Crippen molar-refractivity contribution in [1.82, 2.24) is 5.32 Å². The van der Waals surface area contributed by atoms with Crippen molar-refractivity contribution in [2.75, 3.05) is 37.6 Å². The number of anilines is 1. The Morgan fingerprint density at radius 1 is 1.47 bits per heavy atom. The van der Waals surface area contributed by atoms with E-state index in [4.69, 9.17) is 4.74 Å². The second-order valence-corrected chi connectivity index (χ2v) is 6.18. The fourth-order valence-corrected chi connectivity index (χ4v) is 3.89. The Labute approximate surface area is 120 Å². The van der Waals surface area contributed by atoms with Gasteiger partial charge in [0.15, 0.2) is 0 Å². The van der Waals surface area contributed by atoms with Crippen LogP contribution in [0, 0.1) is 0 Å². The highest BCUT2D eigenvalue weighted by Crippen LogP contribution is 2.36. The maximum Gasteiger partial charge on any atom is 0.125 e. The van der Waals surface area contributed by atoms with Crippen molar-refractivity contribution >= 4 is 17.4 Å². The molecule has 1 aromatic carbocycles. The quantitative estimate of drug-likeness (QED) is 0.896. The molecule has 2 atom stereocenters. The molecule has 0 amide bonds. The Hall–Kier alpha value is -0.870. The normalized spacial score (nSPS) is 20.3. The van der Waals surface area contributed by atoms with Crippen LogP contribution in [0.3, 0.4) is 0 Å². The van der Waals surface area contributed by atoms with E-state index in [0.717, 1.165) is 5.75 Å². The Morgan fingerprint density at radius 2 is 2.26 bits per heavy atom. The van der Waals surface area contributed by atoms with Crippen LogP contribution in [0.25, 0.3) is 0 Å². The molecule has 0 bridgehead atoms. The van der Waals surface area contributed by atoms with E-state index in [0.29, 0.717) is 6.04 Å². The molecule has 106 valence electrons. The second kappa shape index (κ2) is 6.53. The molecule has 1 N–H and O–H groups in total. The fourth-order valence-electron chi connectivity index (χ4n) is 2.62. The van der Waals surface area contributed by atoms with Gasteiger partial charge in [-0.1, -0.05) is 6.07 Å². The van der Waals surface area contributed by atoms with Crippen molar-refractivity contribution < 1.29 is 4.74 Å². The summed E-state index contributed by atoms with van der Waals surface area (Å²) in [7, 11) is 5.94. The summed E-state index contributed by atoms with van der Waals surface area (Å²) in [6.45, 7) is 2.18. The van der Waals surface area contributed by atoms with Gasteiger partial charge in [-0.05, 0) is 38.3 Å². The average Bonchev–Trinajstić information content (AvgIpc) is 2.98. The zero-order chi connectivity index (χ0) is 13.8. The van der Waals surface area contributed by atoms with Gasteiger partial charge in [-0.25, -0.2) is 0 Å². The van der Waals surface area contributed by atoms with E-state index in [-0.39, 0.29) is 6.04 Å². The van der Waals surface area contributed by atoms with Crippen molar-refractivity contribution in [3.05, 3.63) is 23.8 Å². The predicted octanol–water partition coefficient (Wildman–Crippen LogP) is 2.92. The van der Waals surface area contributed by atoms with Crippen LogP contribution < -0.4 is 15.0 Å². The van der Waals surface area contributed by atoms with Crippen LogP contribution in [0.4, 0.5) is 5.69 Å². The Bertz CT molecular complexity index is 419. The van der Waals surface area contributed by atoms with E-state index in [2.05, 4.69) is 36.3 Å². The van der Waals surface area contributed by atoms with Gasteiger partial charge in [-0.3, -0.25) is 0 Å². The standard InChI is InChI=1S/C15H24N2OS/c1-11(16-2)15-13(6-5-7-14(15)18-4)17(3)12-8-9-19-10-12/h5-7,11-12,16H,8-10H2,1-4H3. The van der Waals surface area contributed by atoms with Crippen LogP contribution in [0.15, 0.2) is 18.2 Å². The van der Waals surface area contributed by atoms with E-state index in [1.807, 2.05) is 24.9 Å². The summed E-state index contributed by atoms with van der Waals surface area (Å²) in [6.07, 6.45) is 1.27. The van der Waals surface area contributed by atoms with Gasteiger partial charge in [0, 0.05) is 36.1 Å². The third-order valence-corrected chi connectivity index (χ3v) is 5.11. The van der Waals surface area contributed by atoms with E-state index < -0.39 is 0 Å². The molecule has 1 aliphatic rings. The van der Waals surface area contributed by atoms with Gasteiger partial charge in [0.1, 0.15) is 5.75 Å². The summed E-state index contributed by atoms with van der Waals surface area (Å²) in [4.78, 5) is 2.42. The SMILES string of the molecule is CNC(C)c1c(OC)cccc1N(C)C1CCSC1. The minimum atomic E-state index is 0.280. The largest absolute Gasteiger partial charge is 0.496 e. The summed E-state index contributed by atoms with van der Waals surface area (Å²) < 4.78 is 5.55.